The fraction of sp³-hybridized carbons (Fsp3) is 0.533. The van der Waals surface area contributed by atoms with E-state index in [9.17, 15) is 0 Å². The lowest BCUT2D eigenvalue weighted by Crippen LogP contribution is -2.24. The highest BCUT2D eigenvalue weighted by molar-refractivity contribution is 5.92. The van der Waals surface area contributed by atoms with Crippen LogP contribution < -0.4 is 15.8 Å². The van der Waals surface area contributed by atoms with Crippen LogP contribution >= 0.6 is 0 Å². The van der Waals surface area contributed by atoms with Gasteiger partial charge in [-0.2, -0.15) is 0 Å². The Morgan fingerprint density at radius 2 is 2.20 bits per heavy atom. The van der Waals surface area contributed by atoms with Crippen molar-refractivity contribution < 1.29 is 9.47 Å². The van der Waals surface area contributed by atoms with Crippen LogP contribution in [0.3, 0.4) is 0 Å². The Bertz CT molecular complexity index is 425. The molecule has 1 atom stereocenters. The van der Waals surface area contributed by atoms with E-state index in [0.717, 1.165) is 30.9 Å². The molecule has 20 heavy (non-hydrogen) atoms. The highest BCUT2D eigenvalue weighted by atomic mass is 16.5. The Labute approximate surface area is 120 Å². The number of guanidine groups is 1. The van der Waals surface area contributed by atoms with E-state index in [1.807, 2.05) is 24.3 Å². The summed E-state index contributed by atoms with van der Waals surface area (Å²) in [5.41, 5.74) is 6.76. The number of benzene rings is 1. The number of anilines is 1. The second kappa shape index (κ2) is 7.75. The van der Waals surface area contributed by atoms with Crippen LogP contribution in [0.2, 0.25) is 0 Å². The molecule has 0 aromatic heterocycles. The largest absolute Gasteiger partial charge is 0.497 e. The lowest BCUT2D eigenvalue weighted by molar-refractivity contribution is 0.0129. The predicted molar refractivity (Wildman–Crippen MR) is 81.3 cm³/mol. The maximum Gasteiger partial charge on any atom is 0.193 e. The zero-order valence-corrected chi connectivity index (χ0v) is 12.0. The lowest BCUT2D eigenvalue weighted by atomic mass is 10.1. The second-order valence-electron chi connectivity index (χ2n) is 4.90. The summed E-state index contributed by atoms with van der Waals surface area (Å²) in [7, 11) is 1.64. The fourth-order valence-electron chi connectivity index (χ4n) is 2.23. The number of hydrogen-bond donors (Lipinski definition) is 2. The van der Waals surface area contributed by atoms with Crippen LogP contribution in [-0.4, -0.2) is 32.3 Å². The molecule has 1 saturated heterocycles. The maximum atomic E-state index is 5.86. The molecule has 1 aromatic rings. The minimum absolute atomic E-state index is 0.348. The zero-order chi connectivity index (χ0) is 14.2. The van der Waals surface area contributed by atoms with Crippen LogP contribution in [-0.2, 0) is 4.74 Å². The van der Waals surface area contributed by atoms with E-state index in [-0.39, 0.29) is 0 Å². The molecule has 1 fully saturated rings. The van der Waals surface area contributed by atoms with Gasteiger partial charge in [-0.3, -0.25) is 4.99 Å². The van der Waals surface area contributed by atoms with Crippen LogP contribution in [0.25, 0.3) is 0 Å². The van der Waals surface area contributed by atoms with Crippen molar-refractivity contribution in [3.63, 3.8) is 0 Å². The number of methoxy groups -OCH3 is 1. The maximum absolute atomic E-state index is 5.86. The summed E-state index contributed by atoms with van der Waals surface area (Å²) in [4.78, 5) is 4.33. The molecule has 1 unspecified atom stereocenters. The zero-order valence-electron chi connectivity index (χ0n) is 12.0. The smallest absolute Gasteiger partial charge is 0.193 e. The van der Waals surface area contributed by atoms with Crippen LogP contribution in [0.5, 0.6) is 5.75 Å². The molecule has 5 heteroatoms. The molecule has 5 nitrogen and oxygen atoms in total. The van der Waals surface area contributed by atoms with Gasteiger partial charge in [-0.15, -0.1) is 0 Å². The van der Waals surface area contributed by atoms with Gasteiger partial charge in [0, 0.05) is 18.8 Å². The van der Waals surface area contributed by atoms with Gasteiger partial charge in [0.2, 0.25) is 0 Å². The Hall–Kier alpha value is -1.75. The molecule has 1 aliphatic heterocycles. The summed E-state index contributed by atoms with van der Waals surface area (Å²) in [6.07, 6.45) is 4.86. The average Bonchev–Trinajstić information content (AvgIpc) is 2.49. The number of rotatable bonds is 5. The molecule has 1 aromatic carbocycles. The van der Waals surface area contributed by atoms with Crippen LogP contribution in [0.4, 0.5) is 5.69 Å². The van der Waals surface area contributed by atoms with Crippen molar-refractivity contribution in [3.05, 3.63) is 24.3 Å². The third-order valence-electron chi connectivity index (χ3n) is 3.37. The first-order valence-electron chi connectivity index (χ1n) is 7.10. The van der Waals surface area contributed by atoms with Gasteiger partial charge in [0.05, 0.1) is 13.2 Å². The lowest BCUT2D eigenvalue weighted by Gasteiger charge is -2.21. The summed E-state index contributed by atoms with van der Waals surface area (Å²) in [6.45, 7) is 1.58. The topological polar surface area (TPSA) is 68.9 Å². The van der Waals surface area contributed by atoms with Gasteiger partial charge in [0.25, 0.3) is 0 Å². The molecule has 0 saturated carbocycles. The normalized spacial score (nSPS) is 19.6. The number of nitrogens with one attached hydrogen (secondary N) is 1. The number of ether oxygens (including phenoxy) is 2. The first kappa shape index (κ1) is 14.7. The number of hydrogen-bond acceptors (Lipinski definition) is 3. The highest BCUT2D eigenvalue weighted by Crippen LogP contribution is 2.16. The molecular formula is C15H23N3O2. The van der Waals surface area contributed by atoms with Gasteiger partial charge >= 0.3 is 0 Å². The molecule has 2 rings (SSSR count). The van der Waals surface area contributed by atoms with Gasteiger partial charge < -0.3 is 20.5 Å². The van der Waals surface area contributed by atoms with Crippen molar-refractivity contribution in [2.75, 3.05) is 25.6 Å². The van der Waals surface area contributed by atoms with E-state index in [0.29, 0.717) is 18.6 Å². The number of nitrogens with zero attached hydrogens (tertiary/aromatic N) is 1. The molecule has 0 radical (unpaired) electrons. The Morgan fingerprint density at radius 3 is 2.85 bits per heavy atom. The van der Waals surface area contributed by atoms with E-state index in [1.54, 1.807) is 7.11 Å². The Morgan fingerprint density at radius 1 is 1.40 bits per heavy atom. The van der Waals surface area contributed by atoms with E-state index in [4.69, 9.17) is 15.2 Å². The van der Waals surface area contributed by atoms with Crippen LogP contribution in [0.15, 0.2) is 29.3 Å². The van der Waals surface area contributed by atoms with Gasteiger partial charge in [-0.25, -0.2) is 0 Å². The molecule has 0 bridgehead atoms. The molecule has 0 aliphatic carbocycles. The van der Waals surface area contributed by atoms with Crippen molar-refractivity contribution in [1.82, 2.24) is 0 Å². The number of aliphatic imine (C=N–C) groups is 1. The minimum atomic E-state index is 0.348. The standard InChI is InChI=1S/C15H23N3O2/c1-19-13-7-5-12(6-8-13)18-15(16)17-10-9-14-4-2-3-11-20-14/h5-8,14H,2-4,9-11H2,1H3,(H3,16,17,18). The first-order valence-corrected chi connectivity index (χ1v) is 7.10. The van der Waals surface area contributed by atoms with Crippen molar-refractivity contribution in [3.8, 4) is 5.75 Å². The minimum Gasteiger partial charge on any atom is -0.497 e. The fourth-order valence-corrected chi connectivity index (χ4v) is 2.23. The second-order valence-corrected chi connectivity index (χ2v) is 4.90. The van der Waals surface area contributed by atoms with Crippen molar-refractivity contribution >= 4 is 11.6 Å². The third-order valence-corrected chi connectivity index (χ3v) is 3.37. The van der Waals surface area contributed by atoms with Crippen molar-refractivity contribution in [1.29, 1.82) is 0 Å². The van der Waals surface area contributed by atoms with Crippen LogP contribution in [0.1, 0.15) is 25.7 Å². The molecule has 1 aliphatic rings. The monoisotopic (exact) mass is 277 g/mol. The quantitative estimate of drug-likeness (QED) is 0.640. The van der Waals surface area contributed by atoms with Crippen LogP contribution in [0, 0.1) is 0 Å². The van der Waals surface area contributed by atoms with Gasteiger partial charge in [0.15, 0.2) is 5.96 Å². The van der Waals surface area contributed by atoms with Gasteiger partial charge in [-0.05, 0) is 49.9 Å². The third kappa shape index (κ3) is 4.74. The van der Waals surface area contributed by atoms with Gasteiger partial charge in [-0.1, -0.05) is 0 Å². The first-order chi connectivity index (χ1) is 9.78. The molecular weight excluding hydrogens is 254 g/mol. The van der Waals surface area contributed by atoms with E-state index >= 15 is 0 Å². The molecule has 3 N–H and O–H groups in total. The van der Waals surface area contributed by atoms with E-state index in [1.165, 1.54) is 12.8 Å². The summed E-state index contributed by atoms with van der Waals surface area (Å²) in [6, 6.07) is 7.58. The van der Waals surface area contributed by atoms with E-state index in [2.05, 4.69) is 10.3 Å². The highest BCUT2D eigenvalue weighted by Gasteiger charge is 2.12. The summed E-state index contributed by atoms with van der Waals surface area (Å²) < 4.78 is 10.8. The molecule has 1 heterocycles. The van der Waals surface area contributed by atoms with Gasteiger partial charge in [0.1, 0.15) is 5.75 Å². The predicted octanol–water partition coefficient (Wildman–Crippen LogP) is 2.38. The SMILES string of the molecule is COc1ccc(NC(N)=NCCC2CCCCO2)cc1. The average molecular weight is 277 g/mol. The Kier molecular flexibility index (Phi) is 5.68. The number of nitrogens with two attached hydrogens (primary N) is 1. The van der Waals surface area contributed by atoms with E-state index < -0.39 is 0 Å². The Balaban J connectivity index is 1.74. The molecule has 0 amide bonds. The van der Waals surface area contributed by atoms with Crippen molar-refractivity contribution in [2.45, 2.75) is 31.8 Å². The molecule has 110 valence electrons. The molecule has 0 spiro atoms. The summed E-state index contributed by atoms with van der Waals surface area (Å²) in [5.74, 6) is 1.26. The summed E-state index contributed by atoms with van der Waals surface area (Å²) in [5, 5.41) is 3.06. The van der Waals surface area contributed by atoms with Crippen molar-refractivity contribution in [2.24, 2.45) is 10.7 Å². The summed E-state index contributed by atoms with van der Waals surface area (Å²) >= 11 is 0.